The second-order valence-electron chi connectivity index (χ2n) is 2.09. The van der Waals surface area contributed by atoms with Crippen molar-refractivity contribution in [2.24, 2.45) is 0 Å². The number of carbonyl (C=O) groups excluding carboxylic acids is 1. The molecule has 0 aliphatic heterocycles. The van der Waals surface area contributed by atoms with E-state index in [-0.39, 0.29) is 0 Å². The Bertz CT molecular complexity index is 258. The van der Waals surface area contributed by atoms with Crippen LogP contribution in [0.5, 0.6) is 0 Å². The average molecular weight is 170 g/mol. The van der Waals surface area contributed by atoms with Crippen molar-refractivity contribution in [3.63, 3.8) is 0 Å². The van der Waals surface area contributed by atoms with Gasteiger partial charge in [-0.2, -0.15) is 0 Å². The van der Waals surface area contributed by atoms with E-state index in [1.807, 2.05) is 0 Å². The van der Waals surface area contributed by atoms with Crippen molar-refractivity contribution in [1.29, 1.82) is 0 Å². The van der Waals surface area contributed by atoms with E-state index < -0.39 is 5.97 Å². The summed E-state index contributed by atoms with van der Waals surface area (Å²) in [7, 11) is 0. The van der Waals surface area contributed by atoms with Crippen LogP contribution in [0.1, 0.15) is 23.2 Å². The molecule has 0 radical (unpaired) electrons. The molecule has 0 unspecified atom stereocenters. The molecule has 1 N–H and O–H groups in total. The van der Waals surface area contributed by atoms with Crippen LogP contribution in [0.25, 0.3) is 0 Å². The molecule has 4 heteroatoms. The van der Waals surface area contributed by atoms with Crippen LogP contribution in [0.2, 0.25) is 0 Å². The van der Waals surface area contributed by atoms with Gasteiger partial charge >= 0.3 is 0 Å². The van der Waals surface area contributed by atoms with Crippen molar-refractivity contribution in [2.45, 2.75) is 13.8 Å². The Morgan fingerprint density at radius 2 is 2.08 bits per heavy atom. The van der Waals surface area contributed by atoms with E-state index in [9.17, 15) is 4.79 Å². The van der Waals surface area contributed by atoms with Crippen LogP contribution in [-0.2, 0) is 4.79 Å². The zero-order chi connectivity index (χ0) is 9.56. The first-order valence-corrected chi connectivity index (χ1v) is 3.27. The molecule has 0 atom stereocenters. The number of hydrogen-bond acceptors (Lipinski definition) is 3. The van der Waals surface area contributed by atoms with Crippen molar-refractivity contribution in [3.8, 4) is 0 Å². The Kier molecular flexibility index (Phi) is 4.45. The number of aryl methyl sites for hydroxylation is 1. The van der Waals surface area contributed by atoms with Crippen LogP contribution in [-0.4, -0.2) is 17.4 Å². The number of rotatable bonds is 1. The molecule has 0 spiro atoms. The summed E-state index contributed by atoms with van der Waals surface area (Å²) in [5.74, 6) is 0.328. The van der Waals surface area contributed by atoms with Gasteiger partial charge < -0.3 is 9.52 Å². The fourth-order valence-corrected chi connectivity index (χ4v) is 0.517. The van der Waals surface area contributed by atoms with Crippen molar-refractivity contribution < 1.29 is 19.1 Å². The lowest BCUT2D eigenvalue weighted by molar-refractivity contribution is -0.134. The van der Waals surface area contributed by atoms with Gasteiger partial charge in [-0.25, -0.2) is 0 Å². The molecule has 0 aliphatic carbocycles. The lowest BCUT2D eigenvalue weighted by Gasteiger charge is -1.75. The van der Waals surface area contributed by atoms with E-state index in [0.717, 1.165) is 12.7 Å². The van der Waals surface area contributed by atoms with Crippen molar-refractivity contribution in [1.82, 2.24) is 0 Å². The minimum absolute atomic E-state index is 0.391. The molecule has 4 nitrogen and oxygen atoms in total. The molecule has 0 bridgehead atoms. The molecule has 0 aliphatic rings. The van der Waals surface area contributed by atoms with E-state index in [4.69, 9.17) is 14.3 Å². The molecule has 0 fully saturated rings. The van der Waals surface area contributed by atoms with E-state index in [1.165, 1.54) is 0 Å². The maximum atomic E-state index is 9.93. The molecule has 1 rings (SSSR count). The zero-order valence-electron chi connectivity index (χ0n) is 6.90. The number of furan rings is 1. The number of aldehydes is 1. The normalized spacial score (nSPS) is 8.17. The Labute approximate surface area is 69.8 Å². The first kappa shape index (κ1) is 10.4. The smallest absolute Gasteiger partial charge is 0.300 e. The molecule has 0 saturated heterocycles. The Balaban J connectivity index is 0.000000261. The molecule has 1 aromatic rings. The quantitative estimate of drug-likeness (QED) is 0.648. The van der Waals surface area contributed by atoms with E-state index in [1.54, 1.807) is 19.1 Å². The largest absolute Gasteiger partial charge is 0.481 e. The molecular weight excluding hydrogens is 160 g/mol. The first-order chi connectivity index (χ1) is 5.56. The molecule has 0 amide bonds. The van der Waals surface area contributed by atoms with Crippen LogP contribution in [0.15, 0.2) is 16.5 Å². The average Bonchev–Trinajstić information content (AvgIpc) is 2.34. The van der Waals surface area contributed by atoms with Crippen molar-refractivity contribution in [2.75, 3.05) is 0 Å². The summed E-state index contributed by atoms with van der Waals surface area (Å²) in [6, 6.07) is 3.39. The number of carboxylic acids is 1. The van der Waals surface area contributed by atoms with Gasteiger partial charge in [0.15, 0.2) is 12.0 Å². The lowest BCUT2D eigenvalue weighted by Crippen LogP contribution is -1.78. The Morgan fingerprint density at radius 3 is 2.25 bits per heavy atom. The number of aliphatic carboxylic acids is 1. The van der Waals surface area contributed by atoms with Gasteiger partial charge in [0.1, 0.15) is 5.76 Å². The SMILES string of the molecule is CC(=O)O.Cc1ccc(C=O)o1. The fourth-order valence-electron chi connectivity index (χ4n) is 0.517. The second-order valence-corrected chi connectivity index (χ2v) is 2.09. The molecule has 0 aromatic carbocycles. The molecular formula is C8H10O4. The third kappa shape index (κ3) is 5.22. The minimum Gasteiger partial charge on any atom is -0.481 e. The van der Waals surface area contributed by atoms with E-state index in [0.29, 0.717) is 12.0 Å². The minimum atomic E-state index is -0.833. The summed E-state index contributed by atoms with van der Waals surface area (Å²) in [4.78, 5) is 18.9. The van der Waals surface area contributed by atoms with Gasteiger partial charge in [0.25, 0.3) is 5.97 Å². The molecule has 12 heavy (non-hydrogen) atoms. The maximum Gasteiger partial charge on any atom is 0.300 e. The molecule has 1 aromatic heterocycles. The predicted octanol–water partition coefficient (Wildman–Crippen LogP) is 1.49. The van der Waals surface area contributed by atoms with Gasteiger partial charge in [-0.05, 0) is 19.1 Å². The third-order valence-electron chi connectivity index (χ3n) is 0.877. The van der Waals surface area contributed by atoms with Gasteiger partial charge in [0.2, 0.25) is 0 Å². The highest BCUT2D eigenvalue weighted by Crippen LogP contribution is 2.01. The van der Waals surface area contributed by atoms with Crippen LogP contribution in [0.4, 0.5) is 0 Å². The van der Waals surface area contributed by atoms with Crippen molar-refractivity contribution >= 4 is 12.3 Å². The maximum absolute atomic E-state index is 9.93. The predicted molar refractivity (Wildman–Crippen MR) is 42.1 cm³/mol. The molecule has 0 saturated carbocycles. The molecule has 1 heterocycles. The summed E-state index contributed by atoms with van der Waals surface area (Å²) in [5, 5.41) is 7.42. The van der Waals surface area contributed by atoms with Crippen LogP contribution < -0.4 is 0 Å². The van der Waals surface area contributed by atoms with Crippen molar-refractivity contribution in [3.05, 3.63) is 23.7 Å². The Morgan fingerprint density at radius 1 is 1.58 bits per heavy atom. The lowest BCUT2D eigenvalue weighted by atomic mass is 10.5. The standard InChI is InChI=1S/C6H6O2.C2H4O2/c1-5-2-3-6(4-7)8-5;1-2(3)4/h2-4H,1H3;1H3,(H,3,4). The second kappa shape index (κ2) is 5.12. The zero-order valence-corrected chi connectivity index (χ0v) is 6.90. The summed E-state index contributed by atoms with van der Waals surface area (Å²) < 4.78 is 4.86. The highest BCUT2D eigenvalue weighted by atomic mass is 16.4. The summed E-state index contributed by atoms with van der Waals surface area (Å²) >= 11 is 0. The summed E-state index contributed by atoms with van der Waals surface area (Å²) in [5.41, 5.74) is 0. The highest BCUT2D eigenvalue weighted by Gasteiger charge is 1.91. The molecule has 66 valence electrons. The monoisotopic (exact) mass is 170 g/mol. The Hall–Kier alpha value is -1.58. The highest BCUT2D eigenvalue weighted by molar-refractivity contribution is 5.70. The number of carboxylic acid groups (broad SMARTS) is 1. The summed E-state index contributed by atoms with van der Waals surface area (Å²) in [6.07, 6.45) is 0.688. The van der Waals surface area contributed by atoms with Crippen LogP contribution >= 0.6 is 0 Å². The first-order valence-electron chi connectivity index (χ1n) is 3.27. The van der Waals surface area contributed by atoms with Gasteiger partial charge in [-0.1, -0.05) is 0 Å². The van der Waals surface area contributed by atoms with Crippen LogP contribution in [0.3, 0.4) is 0 Å². The van der Waals surface area contributed by atoms with Gasteiger partial charge in [0.05, 0.1) is 0 Å². The van der Waals surface area contributed by atoms with E-state index in [2.05, 4.69) is 0 Å². The van der Waals surface area contributed by atoms with Gasteiger partial charge in [-0.15, -0.1) is 0 Å². The van der Waals surface area contributed by atoms with Gasteiger partial charge in [-0.3, -0.25) is 9.59 Å². The van der Waals surface area contributed by atoms with Crippen LogP contribution in [0, 0.1) is 6.92 Å². The fraction of sp³-hybridized carbons (Fsp3) is 0.250. The third-order valence-corrected chi connectivity index (χ3v) is 0.877. The topological polar surface area (TPSA) is 67.5 Å². The number of carbonyl (C=O) groups is 2. The van der Waals surface area contributed by atoms with Gasteiger partial charge in [0, 0.05) is 6.92 Å². The van der Waals surface area contributed by atoms with E-state index >= 15 is 0 Å². The summed E-state index contributed by atoms with van der Waals surface area (Å²) in [6.45, 7) is 2.88. The number of hydrogen-bond donors (Lipinski definition) is 1.